The van der Waals surface area contributed by atoms with Crippen molar-refractivity contribution >= 4 is 12.0 Å². The summed E-state index contributed by atoms with van der Waals surface area (Å²) in [5.74, 6) is -0.594. The SMILES string of the molecule is CCC(C)CN(CC)C(=O)NCc1ccc(C(=O)O)nc1. The van der Waals surface area contributed by atoms with E-state index in [0.29, 0.717) is 19.0 Å². The molecular weight excluding hydrogens is 270 g/mol. The van der Waals surface area contributed by atoms with Crippen molar-refractivity contribution in [3.63, 3.8) is 0 Å². The summed E-state index contributed by atoms with van der Waals surface area (Å²) in [6.45, 7) is 7.89. The van der Waals surface area contributed by atoms with Gasteiger partial charge in [0, 0.05) is 25.8 Å². The van der Waals surface area contributed by atoms with Crippen LogP contribution >= 0.6 is 0 Å². The first-order valence-electron chi connectivity index (χ1n) is 7.18. The predicted octanol–water partition coefficient (Wildman–Crippen LogP) is 2.36. The number of carboxylic acid groups (broad SMARTS) is 1. The third-order valence-corrected chi connectivity index (χ3v) is 3.39. The lowest BCUT2D eigenvalue weighted by molar-refractivity contribution is 0.0690. The van der Waals surface area contributed by atoms with Gasteiger partial charge in [0.05, 0.1) is 0 Å². The number of hydrogen-bond acceptors (Lipinski definition) is 3. The Morgan fingerprint density at radius 3 is 2.57 bits per heavy atom. The number of pyridine rings is 1. The Bertz CT molecular complexity index is 474. The van der Waals surface area contributed by atoms with E-state index in [9.17, 15) is 9.59 Å². The van der Waals surface area contributed by atoms with Crippen molar-refractivity contribution in [3.8, 4) is 0 Å². The fourth-order valence-corrected chi connectivity index (χ4v) is 1.81. The maximum absolute atomic E-state index is 12.1. The summed E-state index contributed by atoms with van der Waals surface area (Å²) < 4.78 is 0. The Kier molecular flexibility index (Phi) is 6.65. The van der Waals surface area contributed by atoms with E-state index < -0.39 is 5.97 Å². The number of carbonyl (C=O) groups is 2. The number of amides is 2. The summed E-state index contributed by atoms with van der Waals surface area (Å²) in [7, 11) is 0. The minimum atomic E-state index is -1.06. The monoisotopic (exact) mass is 293 g/mol. The smallest absolute Gasteiger partial charge is 0.354 e. The number of urea groups is 1. The molecule has 6 nitrogen and oxygen atoms in total. The zero-order valence-electron chi connectivity index (χ0n) is 12.8. The van der Waals surface area contributed by atoms with Crippen molar-refractivity contribution in [2.75, 3.05) is 13.1 Å². The second-order valence-corrected chi connectivity index (χ2v) is 5.07. The summed E-state index contributed by atoms with van der Waals surface area (Å²) in [6.07, 6.45) is 2.50. The Balaban J connectivity index is 2.52. The maximum Gasteiger partial charge on any atom is 0.354 e. The number of aromatic nitrogens is 1. The molecule has 0 radical (unpaired) electrons. The van der Waals surface area contributed by atoms with Crippen molar-refractivity contribution in [2.45, 2.75) is 33.7 Å². The van der Waals surface area contributed by atoms with E-state index in [4.69, 9.17) is 5.11 Å². The van der Waals surface area contributed by atoms with E-state index in [1.807, 2.05) is 6.92 Å². The molecule has 1 atom stereocenters. The normalized spacial score (nSPS) is 11.8. The first-order chi connectivity index (χ1) is 9.97. The minimum absolute atomic E-state index is 0.00275. The van der Waals surface area contributed by atoms with Gasteiger partial charge in [0.25, 0.3) is 0 Å². The molecule has 0 saturated heterocycles. The largest absolute Gasteiger partial charge is 0.477 e. The molecule has 1 aromatic rings. The standard InChI is InChI=1S/C15H23N3O3/c1-4-11(3)10-18(5-2)15(21)17-9-12-6-7-13(14(19)20)16-8-12/h6-8,11H,4-5,9-10H2,1-3H3,(H,17,21)(H,19,20). The van der Waals surface area contributed by atoms with Crippen LogP contribution in [0.2, 0.25) is 0 Å². The van der Waals surface area contributed by atoms with Crippen LogP contribution in [-0.4, -0.2) is 40.1 Å². The van der Waals surface area contributed by atoms with E-state index in [-0.39, 0.29) is 11.7 Å². The molecule has 0 aliphatic rings. The summed E-state index contributed by atoms with van der Waals surface area (Å²) in [5.41, 5.74) is 0.768. The molecule has 1 unspecified atom stereocenters. The number of carbonyl (C=O) groups excluding carboxylic acids is 1. The van der Waals surface area contributed by atoms with Crippen LogP contribution in [-0.2, 0) is 6.54 Å². The molecular formula is C15H23N3O3. The van der Waals surface area contributed by atoms with Crippen LogP contribution in [0.4, 0.5) is 4.79 Å². The maximum atomic E-state index is 12.1. The van der Waals surface area contributed by atoms with Crippen LogP contribution in [0, 0.1) is 5.92 Å². The Hall–Kier alpha value is -2.11. The summed E-state index contributed by atoms with van der Waals surface area (Å²) in [6, 6.07) is 2.97. The zero-order valence-corrected chi connectivity index (χ0v) is 12.8. The van der Waals surface area contributed by atoms with E-state index in [0.717, 1.165) is 18.5 Å². The van der Waals surface area contributed by atoms with Gasteiger partial charge < -0.3 is 15.3 Å². The van der Waals surface area contributed by atoms with E-state index >= 15 is 0 Å². The van der Waals surface area contributed by atoms with Gasteiger partial charge >= 0.3 is 12.0 Å². The summed E-state index contributed by atoms with van der Waals surface area (Å²) in [5, 5.41) is 11.6. The highest BCUT2D eigenvalue weighted by molar-refractivity contribution is 5.85. The highest BCUT2D eigenvalue weighted by atomic mass is 16.4. The molecule has 2 amide bonds. The third kappa shape index (κ3) is 5.41. The molecule has 6 heteroatoms. The average Bonchev–Trinajstić information content (AvgIpc) is 2.50. The van der Waals surface area contributed by atoms with Gasteiger partial charge in [-0.05, 0) is 24.5 Å². The summed E-state index contributed by atoms with van der Waals surface area (Å²) in [4.78, 5) is 28.4. The van der Waals surface area contributed by atoms with Gasteiger partial charge in [-0.25, -0.2) is 14.6 Å². The fourth-order valence-electron chi connectivity index (χ4n) is 1.81. The molecule has 1 heterocycles. The molecule has 0 aliphatic carbocycles. The molecule has 0 spiro atoms. The van der Waals surface area contributed by atoms with Crippen molar-refractivity contribution in [1.82, 2.24) is 15.2 Å². The molecule has 1 aromatic heterocycles. The van der Waals surface area contributed by atoms with Crippen LogP contribution in [0.15, 0.2) is 18.3 Å². The highest BCUT2D eigenvalue weighted by Crippen LogP contribution is 2.05. The second kappa shape index (κ2) is 8.24. The van der Waals surface area contributed by atoms with Crippen LogP contribution < -0.4 is 5.32 Å². The number of nitrogens with zero attached hydrogens (tertiary/aromatic N) is 2. The molecule has 0 saturated carbocycles. The lowest BCUT2D eigenvalue weighted by Gasteiger charge is -2.24. The first kappa shape index (κ1) is 16.9. The van der Waals surface area contributed by atoms with Crippen LogP contribution in [0.3, 0.4) is 0 Å². The average molecular weight is 293 g/mol. The highest BCUT2D eigenvalue weighted by Gasteiger charge is 2.13. The number of aromatic carboxylic acids is 1. The molecule has 1 rings (SSSR count). The zero-order chi connectivity index (χ0) is 15.8. The Morgan fingerprint density at radius 1 is 1.38 bits per heavy atom. The molecule has 0 fully saturated rings. The number of hydrogen-bond donors (Lipinski definition) is 2. The predicted molar refractivity (Wildman–Crippen MR) is 80.1 cm³/mol. The van der Waals surface area contributed by atoms with Gasteiger partial charge in [-0.2, -0.15) is 0 Å². The fraction of sp³-hybridized carbons (Fsp3) is 0.533. The minimum Gasteiger partial charge on any atom is -0.477 e. The molecule has 0 bridgehead atoms. The summed E-state index contributed by atoms with van der Waals surface area (Å²) >= 11 is 0. The first-order valence-corrected chi connectivity index (χ1v) is 7.18. The van der Waals surface area contributed by atoms with Crippen molar-refractivity contribution in [2.24, 2.45) is 5.92 Å². The van der Waals surface area contributed by atoms with Crippen molar-refractivity contribution < 1.29 is 14.7 Å². The molecule has 0 aliphatic heterocycles. The van der Waals surface area contributed by atoms with Gasteiger partial charge in [0.15, 0.2) is 0 Å². The van der Waals surface area contributed by atoms with Gasteiger partial charge in [-0.15, -0.1) is 0 Å². The molecule has 2 N–H and O–H groups in total. The van der Waals surface area contributed by atoms with Crippen LogP contribution in [0.1, 0.15) is 43.2 Å². The lowest BCUT2D eigenvalue weighted by atomic mass is 10.1. The lowest BCUT2D eigenvalue weighted by Crippen LogP contribution is -2.41. The van der Waals surface area contributed by atoms with Gasteiger partial charge in [0.1, 0.15) is 5.69 Å². The third-order valence-electron chi connectivity index (χ3n) is 3.39. The number of carboxylic acids is 1. The van der Waals surface area contributed by atoms with Crippen LogP contribution in [0.25, 0.3) is 0 Å². The molecule has 0 aromatic carbocycles. The van der Waals surface area contributed by atoms with E-state index in [2.05, 4.69) is 24.1 Å². The van der Waals surface area contributed by atoms with Gasteiger partial charge in [-0.1, -0.05) is 26.3 Å². The Labute approximate surface area is 125 Å². The van der Waals surface area contributed by atoms with Crippen molar-refractivity contribution in [1.29, 1.82) is 0 Å². The van der Waals surface area contributed by atoms with Gasteiger partial charge in [-0.3, -0.25) is 0 Å². The van der Waals surface area contributed by atoms with E-state index in [1.54, 1.807) is 11.0 Å². The van der Waals surface area contributed by atoms with E-state index in [1.165, 1.54) is 12.3 Å². The topological polar surface area (TPSA) is 82.5 Å². The number of rotatable bonds is 7. The quantitative estimate of drug-likeness (QED) is 0.808. The molecule has 21 heavy (non-hydrogen) atoms. The Morgan fingerprint density at radius 2 is 2.10 bits per heavy atom. The molecule has 116 valence electrons. The van der Waals surface area contributed by atoms with Crippen molar-refractivity contribution in [3.05, 3.63) is 29.6 Å². The van der Waals surface area contributed by atoms with Crippen LogP contribution in [0.5, 0.6) is 0 Å². The number of nitrogens with one attached hydrogen (secondary N) is 1. The van der Waals surface area contributed by atoms with Gasteiger partial charge in [0.2, 0.25) is 0 Å². The second-order valence-electron chi connectivity index (χ2n) is 5.07.